The lowest BCUT2D eigenvalue weighted by Crippen LogP contribution is -2.29. The highest BCUT2D eigenvalue weighted by atomic mass is 32.2. The number of anilines is 2. The highest BCUT2D eigenvalue weighted by Crippen LogP contribution is 2.27. The van der Waals surface area contributed by atoms with Gasteiger partial charge < -0.3 is 9.47 Å². The monoisotopic (exact) mass is 410 g/mol. The van der Waals surface area contributed by atoms with E-state index in [1.165, 1.54) is 0 Å². The third-order valence-corrected chi connectivity index (χ3v) is 5.41. The number of hydrogen-bond donors (Lipinski definition) is 1. The molecule has 28 heavy (non-hydrogen) atoms. The predicted octanol–water partition coefficient (Wildman–Crippen LogP) is 2.34. The Morgan fingerprint density at radius 1 is 1.21 bits per heavy atom. The highest BCUT2D eigenvalue weighted by Gasteiger charge is 2.23. The smallest absolute Gasteiger partial charge is 0.334 e. The van der Waals surface area contributed by atoms with Gasteiger partial charge in [-0.3, -0.25) is 4.98 Å². The zero-order valence-corrected chi connectivity index (χ0v) is 16.4. The first-order chi connectivity index (χ1) is 13.2. The lowest BCUT2D eigenvalue weighted by molar-refractivity contribution is 0.232. The molecule has 3 heterocycles. The van der Waals surface area contributed by atoms with Crippen LogP contribution in [0.2, 0.25) is 0 Å². The van der Waals surface area contributed by atoms with Gasteiger partial charge in [0.25, 0.3) is 10.0 Å². The van der Waals surface area contributed by atoms with Gasteiger partial charge in [0.1, 0.15) is 11.3 Å². The number of halogens is 2. The third kappa shape index (κ3) is 3.94. The molecule has 0 saturated carbocycles. The van der Waals surface area contributed by atoms with Crippen LogP contribution in [0.3, 0.4) is 0 Å². The van der Waals surface area contributed by atoms with Gasteiger partial charge in [-0.25, -0.2) is 23.1 Å². The molecule has 0 aliphatic carbocycles. The molecule has 3 aromatic heterocycles. The molecule has 0 aliphatic heterocycles. The van der Waals surface area contributed by atoms with Gasteiger partial charge in [-0.05, 0) is 18.1 Å². The van der Waals surface area contributed by atoms with Gasteiger partial charge in [0.15, 0.2) is 0 Å². The number of nitrogens with one attached hydrogen (secondary N) is 1. The summed E-state index contributed by atoms with van der Waals surface area (Å²) in [5.74, 6) is -2.78. The van der Waals surface area contributed by atoms with Crippen molar-refractivity contribution < 1.29 is 17.2 Å². The van der Waals surface area contributed by atoms with Gasteiger partial charge in [0.2, 0.25) is 0 Å². The SMILES string of the molecule is CCc1cc(CNS(=O)(=O)C(F)F)ncc1N(C)c1cc2c(cn1)ncn2C. The van der Waals surface area contributed by atoms with Gasteiger partial charge in [-0.2, -0.15) is 8.78 Å². The fraction of sp³-hybridized carbons (Fsp3) is 0.353. The third-order valence-electron chi connectivity index (χ3n) is 4.39. The maximum atomic E-state index is 12.4. The first-order valence-corrected chi connectivity index (χ1v) is 10.0. The number of rotatable bonds is 7. The molecule has 0 saturated heterocycles. The molecular weight excluding hydrogens is 390 g/mol. The Morgan fingerprint density at radius 2 is 1.96 bits per heavy atom. The van der Waals surface area contributed by atoms with Crippen molar-refractivity contribution in [1.82, 2.24) is 24.2 Å². The van der Waals surface area contributed by atoms with E-state index >= 15 is 0 Å². The first kappa shape index (κ1) is 20.1. The van der Waals surface area contributed by atoms with E-state index in [0.29, 0.717) is 17.9 Å². The van der Waals surface area contributed by atoms with E-state index in [-0.39, 0.29) is 6.54 Å². The summed E-state index contributed by atoms with van der Waals surface area (Å²) < 4.78 is 51.1. The van der Waals surface area contributed by atoms with Crippen molar-refractivity contribution in [3.05, 3.63) is 42.1 Å². The summed E-state index contributed by atoms with van der Waals surface area (Å²) in [6, 6.07) is 3.61. The molecule has 0 atom stereocenters. The summed E-state index contributed by atoms with van der Waals surface area (Å²) in [7, 11) is -0.913. The van der Waals surface area contributed by atoms with Crippen molar-refractivity contribution in [2.45, 2.75) is 25.6 Å². The van der Waals surface area contributed by atoms with Gasteiger partial charge in [-0.1, -0.05) is 6.92 Å². The second-order valence-electron chi connectivity index (χ2n) is 6.23. The minimum absolute atomic E-state index is 0.303. The molecule has 0 radical (unpaired) electrons. The Labute approximate surface area is 161 Å². The van der Waals surface area contributed by atoms with Gasteiger partial charge in [-0.15, -0.1) is 0 Å². The maximum Gasteiger partial charge on any atom is 0.350 e. The van der Waals surface area contributed by atoms with Crippen LogP contribution >= 0.6 is 0 Å². The van der Waals surface area contributed by atoms with Crippen molar-refractivity contribution in [1.29, 1.82) is 0 Å². The molecule has 11 heteroatoms. The number of alkyl halides is 2. The second-order valence-corrected chi connectivity index (χ2v) is 7.97. The molecule has 150 valence electrons. The predicted molar refractivity (Wildman–Crippen MR) is 102 cm³/mol. The quantitative estimate of drug-likeness (QED) is 0.643. The first-order valence-electron chi connectivity index (χ1n) is 8.48. The molecular formula is C17H20F2N6O2S. The molecule has 0 unspecified atom stereocenters. The van der Waals surface area contributed by atoms with Crippen LogP contribution in [0, 0.1) is 0 Å². The van der Waals surface area contributed by atoms with E-state index in [1.807, 2.05) is 41.3 Å². The fourth-order valence-corrected chi connectivity index (χ4v) is 3.26. The lowest BCUT2D eigenvalue weighted by Gasteiger charge is -2.21. The number of sulfonamides is 1. The van der Waals surface area contributed by atoms with Crippen LogP contribution in [0.1, 0.15) is 18.2 Å². The zero-order valence-electron chi connectivity index (χ0n) is 15.6. The lowest BCUT2D eigenvalue weighted by atomic mass is 10.1. The minimum Gasteiger partial charge on any atom is -0.334 e. The topological polar surface area (TPSA) is 93.0 Å². The van der Waals surface area contributed by atoms with Crippen molar-refractivity contribution in [2.24, 2.45) is 7.05 Å². The Morgan fingerprint density at radius 3 is 2.64 bits per heavy atom. The van der Waals surface area contributed by atoms with E-state index in [1.54, 1.807) is 24.8 Å². The number of hydrogen-bond acceptors (Lipinski definition) is 6. The van der Waals surface area contributed by atoms with Crippen LogP contribution < -0.4 is 9.62 Å². The molecule has 8 nitrogen and oxygen atoms in total. The molecule has 0 aliphatic rings. The highest BCUT2D eigenvalue weighted by molar-refractivity contribution is 7.89. The fourth-order valence-electron chi connectivity index (χ4n) is 2.79. The van der Waals surface area contributed by atoms with E-state index < -0.39 is 15.8 Å². The standard InChI is InChI=1S/C17H20F2N6O2S/c1-4-11-5-12(7-23-28(26,27)17(18)19)20-9-15(11)25(3)16-6-14-13(8-21-16)22-10-24(14)2/h5-6,8-10,17,23H,4,7H2,1-3H3. The Kier molecular flexibility index (Phi) is 5.57. The minimum atomic E-state index is -4.66. The van der Waals surface area contributed by atoms with Crippen LogP contribution in [0.5, 0.6) is 0 Å². The van der Waals surface area contributed by atoms with Crippen LogP contribution in [-0.2, 0) is 30.0 Å². The average Bonchev–Trinajstić information content (AvgIpc) is 3.05. The number of imidazole rings is 1. The summed E-state index contributed by atoms with van der Waals surface area (Å²) in [6.45, 7) is 1.64. The number of aromatic nitrogens is 4. The van der Waals surface area contributed by atoms with E-state index in [2.05, 4.69) is 15.0 Å². The van der Waals surface area contributed by atoms with Gasteiger partial charge >= 0.3 is 5.76 Å². The number of aryl methyl sites for hydroxylation is 2. The summed E-state index contributed by atoms with van der Waals surface area (Å²) >= 11 is 0. The largest absolute Gasteiger partial charge is 0.350 e. The normalized spacial score (nSPS) is 12.1. The zero-order chi connectivity index (χ0) is 20.5. The molecule has 1 N–H and O–H groups in total. The van der Waals surface area contributed by atoms with Gasteiger partial charge in [0.05, 0.1) is 42.2 Å². The molecule has 0 spiro atoms. The molecule has 3 aromatic rings. The van der Waals surface area contributed by atoms with E-state index in [0.717, 1.165) is 22.3 Å². The molecule has 0 amide bonds. The van der Waals surface area contributed by atoms with Crippen LogP contribution in [0.4, 0.5) is 20.3 Å². The second kappa shape index (κ2) is 7.76. The van der Waals surface area contributed by atoms with E-state index in [4.69, 9.17) is 0 Å². The van der Waals surface area contributed by atoms with E-state index in [9.17, 15) is 17.2 Å². The molecule has 0 bridgehead atoms. The van der Waals surface area contributed by atoms with Crippen molar-refractivity contribution >= 4 is 32.6 Å². The Balaban J connectivity index is 1.87. The van der Waals surface area contributed by atoms with Gasteiger partial charge in [0, 0.05) is 20.2 Å². The van der Waals surface area contributed by atoms with Crippen molar-refractivity contribution in [3.63, 3.8) is 0 Å². The molecule has 0 aromatic carbocycles. The number of nitrogens with zero attached hydrogens (tertiary/aromatic N) is 5. The molecule has 0 fully saturated rings. The van der Waals surface area contributed by atoms with Crippen LogP contribution in [0.15, 0.2) is 30.9 Å². The number of pyridine rings is 2. The summed E-state index contributed by atoms with van der Waals surface area (Å²) in [4.78, 5) is 14.8. The van der Waals surface area contributed by atoms with Crippen molar-refractivity contribution in [2.75, 3.05) is 11.9 Å². The van der Waals surface area contributed by atoms with Crippen LogP contribution in [-0.4, -0.2) is 40.7 Å². The summed E-state index contributed by atoms with van der Waals surface area (Å²) in [5.41, 5.74) is 3.75. The summed E-state index contributed by atoms with van der Waals surface area (Å²) in [6.07, 6.45) is 5.63. The van der Waals surface area contributed by atoms with Crippen LogP contribution in [0.25, 0.3) is 11.0 Å². The Bertz CT molecular complexity index is 1100. The Hall–Kier alpha value is -2.66. The number of fused-ring (bicyclic) bond motifs is 1. The maximum absolute atomic E-state index is 12.4. The molecule has 3 rings (SSSR count). The van der Waals surface area contributed by atoms with Crippen molar-refractivity contribution in [3.8, 4) is 0 Å². The summed E-state index contributed by atoms with van der Waals surface area (Å²) in [5, 5.41) is 0. The average molecular weight is 410 g/mol.